The molecular formula is C34H33FN4O4. The van der Waals surface area contributed by atoms with Gasteiger partial charge in [0.05, 0.1) is 16.9 Å². The first-order valence-electron chi connectivity index (χ1n) is 14.7. The molecule has 0 unspecified atom stereocenters. The monoisotopic (exact) mass is 580 g/mol. The van der Waals surface area contributed by atoms with Crippen LogP contribution < -0.4 is 10.6 Å². The number of nitrogens with one attached hydrogen (secondary N) is 2. The summed E-state index contributed by atoms with van der Waals surface area (Å²) in [4.78, 5) is 37.6. The molecule has 0 bridgehead atoms. The summed E-state index contributed by atoms with van der Waals surface area (Å²) >= 11 is 0. The Hall–Kier alpha value is -4.79. The Balaban J connectivity index is 1.23. The van der Waals surface area contributed by atoms with Crippen LogP contribution in [-0.2, 0) is 9.59 Å². The summed E-state index contributed by atoms with van der Waals surface area (Å²) in [5.41, 5.74) is 3.20. The van der Waals surface area contributed by atoms with E-state index in [0.29, 0.717) is 41.1 Å². The first kappa shape index (κ1) is 28.3. The molecular weight excluding hydrogens is 547 g/mol. The lowest BCUT2D eigenvalue weighted by atomic mass is 9.75. The molecule has 220 valence electrons. The second-order valence-corrected chi connectivity index (χ2v) is 11.5. The average molecular weight is 581 g/mol. The van der Waals surface area contributed by atoms with Crippen molar-refractivity contribution in [1.82, 2.24) is 15.1 Å². The minimum atomic E-state index is -1.04. The molecule has 2 aliphatic rings. The molecule has 3 aromatic carbocycles. The highest BCUT2D eigenvalue weighted by Gasteiger charge is 2.45. The number of nitrogens with zero attached hydrogens (tertiary/aromatic N) is 2. The highest BCUT2D eigenvalue weighted by Crippen LogP contribution is 2.38. The standard InChI is InChI=1S/C34H33FN4O4/c35-25-11-15-27(16-12-25)39-31(23-5-2-1-3-6-23)28-17-10-24(21-29(28)38-39)32(42)37-34(19-4-20-34)33(43)36-26-13-7-22(8-14-26)9-18-30(40)41/h7-18,21,23H,1-6,19-20H2,(H,36,43)(H,37,42)(H,40,41)/b18-9+. The lowest BCUT2D eigenvalue weighted by molar-refractivity contribution is -0.131. The quantitative estimate of drug-likeness (QED) is 0.203. The smallest absolute Gasteiger partial charge is 0.328 e. The molecule has 3 N–H and O–H groups in total. The van der Waals surface area contributed by atoms with E-state index in [1.165, 1.54) is 24.6 Å². The summed E-state index contributed by atoms with van der Waals surface area (Å²) in [7, 11) is 0. The fourth-order valence-electron chi connectivity index (χ4n) is 6.12. The average Bonchev–Trinajstić information content (AvgIpc) is 3.38. The lowest BCUT2D eigenvalue weighted by Crippen LogP contribution is -2.61. The van der Waals surface area contributed by atoms with E-state index >= 15 is 0 Å². The van der Waals surface area contributed by atoms with Crippen LogP contribution in [0.1, 0.15) is 78.9 Å². The molecule has 0 saturated heterocycles. The summed E-state index contributed by atoms with van der Waals surface area (Å²) in [5, 5.41) is 20.6. The lowest BCUT2D eigenvalue weighted by Gasteiger charge is -2.40. The number of fused-ring (bicyclic) bond motifs is 1. The number of benzene rings is 3. The fourth-order valence-corrected chi connectivity index (χ4v) is 6.12. The number of hydrogen-bond donors (Lipinski definition) is 3. The Labute approximate surface area is 248 Å². The second-order valence-electron chi connectivity index (χ2n) is 11.5. The van der Waals surface area contributed by atoms with Crippen LogP contribution in [0, 0.1) is 5.82 Å². The molecule has 9 heteroatoms. The summed E-state index contributed by atoms with van der Waals surface area (Å²) in [6, 6.07) is 18.6. The number of carboxylic acids is 1. The molecule has 0 spiro atoms. The molecule has 2 amide bonds. The van der Waals surface area contributed by atoms with Gasteiger partial charge in [-0.25, -0.2) is 13.9 Å². The Morgan fingerprint density at radius 2 is 1.65 bits per heavy atom. The minimum absolute atomic E-state index is 0.290. The Bertz CT molecular complexity index is 1700. The summed E-state index contributed by atoms with van der Waals surface area (Å²) < 4.78 is 15.6. The van der Waals surface area contributed by atoms with E-state index in [0.717, 1.165) is 54.9 Å². The van der Waals surface area contributed by atoms with Crippen LogP contribution in [0.15, 0.2) is 72.8 Å². The fraction of sp³-hybridized carbons (Fsp3) is 0.294. The van der Waals surface area contributed by atoms with Gasteiger partial charge in [-0.05, 0) is 92.3 Å². The molecule has 2 fully saturated rings. The van der Waals surface area contributed by atoms with E-state index in [9.17, 15) is 18.8 Å². The van der Waals surface area contributed by atoms with Gasteiger partial charge in [0.1, 0.15) is 11.4 Å². The summed E-state index contributed by atoms with van der Waals surface area (Å²) in [6.07, 6.45) is 10.0. The first-order chi connectivity index (χ1) is 20.8. The summed E-state index contributed by atoms with van der Waals surface area (Å²) in [6.45, 7) is 0. The molecule has 6 rings (SSSR count). The van der Waals surface area contributed by atoms with Gasteiger partial charge in [0.25, 0.3) is 5.91 Å². The maximum Gasteiger partial charge on any atom is 0.328 e. The van der Waals surface area contributed by atoms with Crippen molar-refractivity contribution >= 4 is 40.4 Å². The van der Waals surface area contributed by atoms with Crippen LogP contribution >= 0.6 is 0 Å². The van der Waals surface area contributed by atoms with Crippen LogP contribution in [0.25, 0.3) is 22.7 Å². The third-order valence-electron chi connectivity index (χ3n) is 8.62. The predicted molar refractivity (Wildman–Crippen MR) is 163 cm³/mol. The molecule has 8 nitrogen and oxygen atoms in total. The summed E-state index contributed by atoms with van der Waals surface area (Å²) in [5.74, 6) is -1.65. The van der Waals surface area contributed by atoms with Crippen LogP contribution in [0.2, 0.25) is 0 Å². The number of hydrogen-bond acceptors (Lipinski definition) is 4. The van der Waals surface area contributed by atoms with E-state index in [1.54, 1.807) is 48.5 Å². The molecule has 0 atom stereocenters. The zero-order chi connectivity index (χ0) is 30.0. The van der Waals surface area contributed by atoms with Gasteiger partial charge in [0, 0.05) is 28.6 Å². The predicted octanol–water partition coefficient (Wildman–Crippen LogP) is 6.60. The van der Waals surface area contributed by atoms with Crippen molar-refractivity contribution in [2.45, 2.75) is 62.8 Å². The van der Waals surface area contributed by atoms with Gasteiger partial charge in [-0.2, -0.15) is 5.10 Å². The number of halogens is 1. The number of aromatic nitrogens is 2. The number of carbonyl (C=O) groups is 3. The zero-order valence-corrected chi connectivity index (χ0v) is 23.7. The van der Waals surface area contributed by atoms with Crippen molar-refractivity contribution < 1.29 is 23.9 Å². The van der Waals surface area contributed by atoms with E-state index in [4.69, 9.17) is 10.2 Å². The van der Waals surface area contributed by atoms with E-state index in [-0.39, 0.29) is 17.6 Å². The number of rotatable bonds is 8. The molecule has 43 heavy (non-hydrogen) atoms. The molecule has 0 radical (unpaired) electrons. The molecule has 0 aliphatic heterocycles. The molecule has 1 heterocycles. The Kier molecular flexibility index (Phi) is 7.80. The molecule has 2 aliphatic carbocycles. The number of anilines is 1. The van der Waals surface area contributed by atoms with Crippen molar-refractivity contribution in [3.8, 4) is 5.69 Å². The number of aliphatic carboxylic acids is 1. The van der Waals surface area contributed by atoms with E-state index in [2.05, 4.69) is 10.6 Å². The minimum Gasteiger partial charge on any atom is -0.478 e. The van der Waals surface area contributed by atoms with Crippen molar-refractivity contribution in [3.63, 3.8) is 0 Å². The number of carboxylic acid groups (broad SMARTS) is 1. The zero-order valence-electron chi connectivity index (χ0n) is 23.7. The van der Waals surface area contributed by atoms with Crippen molar-refractivity contribution in [2.75, 3.05) is 5.32 Å². The maximum atomic E-state index is 13.7. The maximum absolute atomic E-state index is 13.7. The third kappa shape index (κ3) is 5.93. The van der Waals surface area contributed by atoms with Crippen LogP contribution in [0.5, 0.6) is 0 Å². The van der Waals surface area contributed by atoms with Crippen LogP contribution in [0.4, 0.5) is 10.1 Å². The Morgan fingerprint density at radius 3 is 2.30 bits per heavy atom. The van der Waals surface area contributed by atoms with Crippen LogP contribution in [0.3, 0.4) is 0 Å². The topological polar surface area (TPSA) is 113 Å². The number of amides is 2. The van der Waals surface area contributed by atoms with Gasteiger partial charge >= 0.3 is 5.97 Å². The van der Waals surface area contributed by atoms with Crippen molar-refractivity contribution in [2.24, 2.45) is 0 Å². The second kappa shape index (κ2) is 11.8. The Morgan fingerprint density at radius 1 is 0.930 bits per heavy atom. The van der Waals surface area contributed by atoms with Crippen molar-refractivity contribution in [3.05, 3.63) is 95.4 Å². The highest BCUT2D eigenvalue weighted by molar-refractivity contribution is 6.05. The van der Waals surface area contributed by atoms with Crippen molar-refractivity contribution in [1.29, 1.82) is 0 Å². The highest BCUT2D eigenvalue weighted by atomic mass is 19.1. The van der Waals surface area contributed by atoms with Gasteiger partial charge in [0.15, 0.2) is 0 Å². The van der Waals surface area contributed by atoms with E-state index < -0.39 is 11.5 Å². The van der Waals surface area contributed by atoms with Gasteiger partial charge < -0.3 is 15.7 Å². The molecule has 2 saturated carbocycles. The third-order valence-corrected chi connectivity index (χ3v) is 8.62. The first-order valence-corrected chi connectivity index (χ1v) is 14.7. The SMILES string of the molecule is O=C(O)/C=C/c1ccc(NC(=O)C2(NC(=O)c3ccc4c(C5CCCCC5)n(-c5ccc(F)cc5)nc4c3)CCC2)cc1. The van der Waals surface area contributed by atoms with Gasteiger partial charge in [-0.1, -0.05) is 37.5 Å². The van der Waals surface area contributed by atoms with E-state index in [1.807, 2.05) is 10.7 Å². The molecule has 1 aromatic heterocycles. The molecule has 4 aromatic rings. The van der Waals surface area contributed by atoms with Gasteiger partial charge in [-0.15, -0.1) is 0 Å². The number of carbonyl (C=O) groups excluding carboxylic acids is 2. The van der Waals surface area contributed by atoms with Crippen LogP contribution in [-0.4, -0.2) is 38.2 Å². The largest absolute Gasteiger partial charge is 0.478 e. The normalized spacial score (nSPS) is 16.6. The van der Waals surface area contributed by atoms with Gasteiger partial charge in [0.2, 0.25) is 5.91 Å². The van der Waals surface area contributed by atoms with Gasteiger partial charge in [-0.3, -0.25) is 9.59 Å².